The number of benzene rings is 3. The van der Waals surface area contributed by atoms with Gasteiger partial charge in [-0.15, -0.1) is 0 Å². The van der Waals surface area contributed by atoms with Gasteiger partial charge in [-0.2, -0.15) is 8.42 Å². The zero-order valence-electron chi connectivity index (χ0n) is 20.2. The lowest BCUT2D eigenvalue weighted by atomic mass is 9.75. The van der Waals surface area contributed by atoms with Gasteiger partial charge >= 0.3 is 0 Å². The molecule has 36 heavy (non-hydrogen) atoms. The van der Waals surface area contributed by atoms with E-state index in [0.717, 1.165) is 11.1 Å². The largest absolute Gasteiger partial charge is 0.474 e. The average Bonchev–Trinajstić information content (AvgIpc) is 2.85. The first kappa shape index (κ1) is 25.6. The Labute approximate surface area is 211 Å². The van der Waals surface area contributed by atoms with Crippen LogP contribution < -0.4 is 4.74 Å². The summed E-state index contributed by atoms with van der Waals surface area (Å²) in [5, 5.41) is 10.8. The third-order valence-corrected chi connectivity index (χ3v) is 7.16. The molecular formula is C29H27O6S. The van der Waals surface area contributed by atoms with Crippen molar-refractivity contribution in [1.29, 1.82) is 0 Å². The molecule has 185 valence electrons. The van der Waals surface area contributed by atoms with E-state index in [2.05, 4.69) is 0 Å². The van der Waals surface area contributed by atoms with E-state index in [1.807, 2.05) is 63.2 Å². The topological polar surface area (TPSA) is 101 Å². The van der Waals surface area contributed by atoms with Crippen molar-refractivity contribution in [2.45, 2.75) is 32.3 Å². The molecule has 0 heterocycles. The van der Waals surface area contributed by atoms with E-state index in [1.165, 1.54) is 24.3 Å². The Morgan fingerprint density at radius 1 is 0.889 bits per heavy atom. The second-order valence-electron chi connectivity index (χ2n) is 9.23. The maximum absolute atomic E-state index is 12.7. The summed E-state index contributed by atoms with van der Waals surface area (Å²) >= 11 is 0. The monoisotopic (exact) mass is 503 g/mol. The van der Waals surface area contributed by atoms with Crippen molar-refractivity contribution in [3.05, 3.63) is 130 Å². The van der Waals surface area contributed by atoms with Gasteiger partial charge in [0.25, 0.3) is 10.1 Å². The number of rotatable bonds is 7. The van der Waals surface area contributed by atoms with Crippen molar-refractivity contribution in [3.63, 3.8) is 0 Å². The SMILES string of the molecule is Cc1ccc(C(=O)c2ccc(O[C]3C(S(=O)(=O)O)=CC(C(C)(C)c4ccccc4)=CC3O)cc2)cc1. The highest BCUT2D eigenvalue weighted by atomic mass is 32.2. The molecule has 6 nitrogen and oxygen atoms in total. The van der Waals surface area contributed by atoms with Gasteiger partial charge in [-0.25, -0.2) is 0 Å². The lowest BCUT2D eigenvalue weighted by Gasteiger charge is -2.33. The molecule has 0 amide bonds. The Morgan fingerprint density at radius 2 is 1.44 bits per heavy atom. The van der Waals surface area contributed by atoms with Crippen molar-refractivity contribution < 1.29 is 27.6 Å². The van der Waals surface area contributed by atoms with Gasteiger partial charge in [-0.05, 0) is 54.5 Å². The minimum atomic E-state index is -4.72. The highest BCUT2D eigenvalue weighted by Gasteiger charge is 2.40. The maximum Gasteiger partial charge on any atom is 0.294 e. The first-order valence-corrected chi connectivity index (χ1v) is 12.8. The Kier molecular flexibility index (Phi) is 7.00. The molecule has 2 N–H and O–H groups in total. The molecule has 1 unspecified atom stereocenters. The van der Waals surface area contributed by atoms with Crippen LogP contribution in [0.3, 0.4) is 0 Å². The van der Waals surface area contributed by atoms with Gasteiger partial charge in [0.05, 0.1) is 0 Å². The van der Waals surface area contributed by atoms with Crippen molar-refractivity contribution in [3.8, 4) is 5.75 Å². The second kappa shape index (κ2) is 9.85. The number of carbonyl (C=O) groups is 1. The summed E-state index contributed by atoms with van der Waals surface area (Å²) in [7, 11) is -4.72. The van der Waals surface area contributed by atoms with Crippen LogP contribution in [0.5, 0.6) is 5.75 Å². The molecule has 0 saturated heterocycles. The van der Waals surface area contributed by atoms with E-state index in [9.17, 15) is 22.9 Å². The fourth-order valence-corrected chi connectivity index (χ4v) is 4.74. The number of hydrogen-bond acceptors (Lipinski definition) is 5. The maximum atomic E-state index is 12.7. The zero-order chi connectivity index (χ0) is 26.1. The van der Waals surface area contributed by atoms with Crippen LogP contribution in [-0.4, -0.2) is 30.0 Å². The van der Waals surface area contributed by atoms with Gasteiger partial charge in [0.1, 0.15) is 16.8 Å². The molecule has 0 bridgehead atoms. The molecule has 0 spiro atoms. The quantitative estimate of drug-likeness (QED) is 0.340. The smallest absolute Gasteiger partial charge is 0.294 e. The standard InChI is InChI=1S/C29H27O6S/c1-19-9-11-20(12-10-19)27(31)21-13-15-24(16-14-21)35-28-25(30)17-23(18-26(28)36(32,33)34)29(2,3)22-7-5-4-6-8-22/h4-18,25,30H,1-3H3,(H,32,33,34). The van der Waals surface area contributed by atoms with E-state index in [1.54, 1.807) is 24.3 Å². The molecule has 3 aromatic rings. The van der Waals surface area contributed by atoms with Crippen molar-refractivity contribution in [2.24, 2.45) is 0 Å². The molecule has 0 aliphatic heterocycles. The molecule has 0 fully saturated rings. The molecule has 1 aliphatic rings. The van der Waals surface area contributed by atoms with E-state index in [4.69, 9.17) is 4.74 Å². The summed E-state index contributed by atoms with van der Waals surface area (Å²) in [5.74, 6) is 0.0411. The summed E-state index contributed by atoms with van der Waals surface area (Å²) in [6, 6.07) is 22.8. The normalized spacial score (nSPS) is 16.8. The van der Waals surface area contributed by atoms with Crippen LogP contribution in [0.4, 0.5) is 0 Å². The summed E-state index contributed by atoms with van der Waals surface area (Å²) in [4.78, 5) is 12.2. The molecule has 1 atom stereocenters. The lowest BCUT2D eigenvalue weighted by molar-refractivity contribution is 0.103. The number of aliphatic hydroxyl groups is 1. The van der Waals surface area contributed by atoms with Crippen LogP contribution in [0.15, 0.2) is 101 Å². The average molecular weight is 504 g/mol. The Morgan fingerprint density at radius 3 is 2.00 bits per heavy atom. The van der Waals surface area contributed by atoms with E-state index in [-0.39, 0.29) is 17.6 Å². The van der Waals surface area contributed by atoms with Crippen LogP contribution in [0.1, 0.15) is 40.9 Å². The molecule has 1 radical (unpaired) electrons. The van der Waals surface area contributed by atoms with Crippen molar-refractivity contribution >= 4 is 15.9 Å². The number of ether oxygens (including phenoxy) is 1. The Hall–Kier alpha value is -3.52. The van der Waals surface area contributed by atoms with E-state index < -0.39 is 26.5 Å². The van der Waals surface area contributed by atoms with Crippen LogP contribution in [0, 0.1) is 13.0 Å². The molecule has 0 saturated carbocycles. The number of ketones is 1. The third-order valence-electron chi connectivity index (χ3n) is 6.29. The van der Waals surface area contributed by atoms with E-state index >= 15 is 0 Å². The minimum absolute atomic E-state index is 0.166. The number of hydrogen-bond donors (Lipinski definition) is 2. The van der Waals surface area contributed by atoms with Crippen LogP contribution in [0.25, 0.3) is 0 Å². The molecular weight excluding hydrogens is 476 g/mol. The lowest BCUT2D eigenvalue weighted by Crippen LogP contribution is -2.33. The highest BCUT2D eigenvalue weighted by molar-refractivity contribution is 7.90. The number of aryl methyl sites for hydroxylation is 1. The van der Waals surface area contributed by atoms with Gasteiger partial charge < -0.3 is 9.84 Å². The van der Waals surface area contributed by atoms with Crippen molar-refractivity contribution in [2.75, 3.05) is 0 Å². The third kappa shape index (κ3) is 5.33. The summed E-state index contributed by atoms with van der Waals surface area (Å²) in [5.41, 5.74) is 2.79. The molecule has 3 aromatic carbocycles. The first-order chi connectivity index (χ1) is 17.0. The van der Waals surface area contributed by atoms with Gasteiger partial charge in [0.15, 0.2) is 5.78 Å². The first-order valence-electron chi connectivity index (χ1n) is 11.4. The summed E-state index contributed by atoms with van der Waals surface area (Å²) in [6.07, 6.45) is 1.09. The number of aliphatic hydroxyl groups excluding tert-OH is 1. The van der Waals surface area contributed by atoms with Gasteiger partial charge in [0.2, 0.25) is 6.10 Å². The fraction of sp³-hybridized carbons (Fsp3) is 0.172. The molecule has 0 aromatic heterocycles. The highest BCUT2D eigenvalue weighted by Crippen LogP contribution is 2.40. The second-order valence-corrected chi connectivity index (χ2v) is 10.6. The Balaban J connectivity index is 1.60. The molecule has 7 heteroatoms. The predicted octanol–water partition coefficient (Wildman–Crippen LogP) is 5.19. The van der Waals surface area contributed by atoms with E-state index in [0.29, 0.717) is 16.7 Å². The van der Waals surface area contributed by atoms with Gasteiger partial charge in [0, 0.05) is 16.5 Å². The Bertz CT molecular complexity index is 1420. The van der Waals surface area contributed by atoms with Crippen molar-refractivity contribution in [1.82, 2.24) is 0 Å². The molecule has 1 aliphatic carbocycles. The minimum Gasteiger partial charge on any atom is -0.474 e. The summed E-state index contributed by atoms with van der Waals surface area (Å²) < 4.78 is 40.2. The number of allylic oxidation sites excluding steroid dienone is 2. The zero-order valence-corrected chi connectivity index (χ0v) is 21.0. The summed E-state index contributed by atoms with van der Waals surface area (Å²) in [6.45, 7) is 5.73. The van der Waals surface area contributed by atoms with Crippen LogP contribution in [-0.2, 0) is 15.5 Å². The van der Waals surface area contributed by atoms with Gasteiger partial charge in [-0.1, -0.05) is 74.0 Å². The predicted molar refractivity (Wildman–Crippen MR) is 138 cm³/mol. The van der Waals surface area contributed by atoms with Gasteiger partial charge in [-0.3, -0.25) is 9.35 Å². The van der Waals surface area contributed by atoms with Crippen LogP contribution in [0.2, 0.25) is 0 Å². The van der Waals surface area contributed by atoms with Crippen LogP contribution >= 0.6 is 0 Å². The molecule has 4 rings (SSSR count). The number of carbonyl (C=O) groups excluding carboxylic acids is 1. The fourth-order valence-electron chi connectivity index (χ4n) is 4.05.